The summed E-state index contributed by atoms with van der Waals surface area (Å²) in [6.45, 7) is 1.92. The Balaban J connectivity index is 1.53. The number of hydrogen-bond donors (Lipinski definition) is 1. The summed E-state index contributed by atoms with van der Waals surface area (Å²) in [5.41, 5.74) is 1.84. The number of carbonyl (C=O) groups is 1. The number of hydrogen-bond acceptors (Lipinski definition) is 4. The Morgan fingerprint density at radius 1 is 0.852 bits per heavy atom. The molecule has 0 unspecified atom stereocenters. The van der Waals surface area contributed by atoms with Gasteiger partial charge in [0, 0.05) is 5.69 Å². The molecule has 0 radical (unpaired) electrons. The Labute approximate surface area is 158 Å². The van der Waals surface area contributed by atoms with E-state index in [0.717, 1.165) is 5.75 Å². The lowest BCUT2D eigenvalue weighted by Gasteiger charge is -2.11. The van der Waals surface area contributed by atoms with E-state index in [0.29, 0.717) is 22.9 Å². The minimum atomic E-state index is -0.256. The minimum absolute atomic E-state index is 0.109. The molecule has 0 saturated carbocycles. The zero-order chi connectivity index (χ0) is 19.1. The molecule has 0 fully saturated rings. The standard InChI is InChI=1S/C22H21NO4/c1-16-7-11-18(12-8-16)27-19-13-9-17(10-14-19)23-22(24)15-26-21-6-4-3-5-20(21)25-2/h3-14H,15H2,1-2H3,(H,23,24). The number of nitrogens with one attached hydrogen (secondary N) is 1. The molecule has 3 aromatic carbocycles. The molecule has 1 N–H and O–H groups in total. The molecule has 0 heterocycles. The first kappa shape index (κ1) is 18.3. The third kappa shape index (κ3) is 5.25. The highest BCUT2D eigenvalue weighted by molar-refractivity contribution is 5.91. The largest absolute Gasteiger partial charge is 0.493 e. The van der Waals surface area contributed by atoms with Crippen LogP contribution in [0.4, 0.5) is 5.69 Å². The molecule has 1 amide bonds. The number of anilines is 1. The van der Waals surface area contributed by atoms with Crippen molar-refractivity contribution in [1.82, 2.24) is 0 Å². The van der Waals surface area contributed by atoms with Crippen molar-refractivity contribution in [2.24, 2.45) is 0 Å². The topological polar surface area (TPSA) is 56.8 Å². The summed E-state index contributed by atoms with van der Waals surface area (Å²) in [7, 11) is 1.56. The summed E-state index contributed by atoms with van der Waals surface area (Å²) in [5.74, 6) is 2.32. The van der Waals surface area contributed by atoms with E-state index in [1.807, 2.05) is 43.3 Å². The highest BCUT2D eigenvalue weighted by atomic mass is 16.5. The van der Waals surface area contributed by atoms with Crippen LogP contribution in [-0.4, -0.2) is 19.6 Å². The van der Waals surface area contributed by atoms with Gasteiger partial charge in [-0.3, -0.25) is 4.79 Å². The predicted octanol–water partition coefficient (Wildman–Crippen LogP) is 4.81. The van der Waals surface area contributed by atoms with E-state index in [-0.39, 0.29) is 12.5 Å². The molecule has 0 saturated heterocycles. The van der Waals surface area contributed by atoms with Crippen LogP contribution in [0, 0.1) is 6.92 Å². The van der Waals surface area contributed by atoms with Crippen LogP contribution in [0.25, 0.3) is 0 Å². The highest BCUT2D eigenvalue weighted by Gasteiger charge is 2.07. The van der Waals surface area contributed by atoms with Crippen LogP contribution < -0.4 is 19.5 Å². The van der Waals surface area contributed by atoms with Crippen molar-refractivity contribution in [2.75, 3.05) is 19.0 Å². The molecule has 138 valence electrons. The Hall–Kier alpha value is -3.47. The minimum Gasteiger partial charge on any atom is -0.493 e. The van der Waals surface area contributed by atoms with Gasteiger partial charge in [-0.25, -0.2) is 0 Å². The monoisotopic (exact) mass is 363 g/mol. The first-order valence-electron chi connectivity index (χ1n) is 8.54. The van der Waals surface area contributed by atoms with Crippen molar-refractivity contribution in [3.63, 3.8) is 0 Å². The van der Waals surface area contributed by atoms with Crippen LogP contribution in [0.3, 0.4) is 0 Å². The van der Waals surface area contributed by atoms with Gasteiger partial charge < -0.3 is 19.5 Å². The zero-order valence-corrected chi connectivity index (χ0v) is 15.3. The zero-order valence-electron chi connectivity index (χ0n) is 15.3. The van der Waals surface area contributed by atoms with Crippen molar-refractivity contribution in [3.8, 4) is 23.0 Å². The van der Waals surface area contributed by atoms with E-state index in [1.165, 1.54) is 5.56 Å². The molecule has 0 aliphatic heterocycles. The van der Waals surface area contributed by atoms with Crippen LogP contribution in [0.1, 0.15) is 5.56 Å². The molecule has 3 rings (SSSR count). The number of aryl methyl sites for hydroxylation is 1. The lowest BCUT2D eigenvalue weighted by Crippen LogP contribution is -2.20. The van der Waals surface area contributed by atoms with Crippen molar-refractivity contribution in [1.29, 1.82) is 0 Å². The predicted molar refractivity (Wildman–Crippen MR) is 105 cm³/mol. The number of ether oxygens (including phenoxy) is 3. The number of methoxy groups -OCH3 is 1. The normalized spacial score (nSPS) is 10.1. The molecule has 0 spiro atoms. The van der Waals surface area contributed by atoms with E-state index >= 15 is 0 Å². The van der Waals surface area contributed by atoms with Crippen molar-refractivity contribution in [2.45, 2.75) is 6.92 Å². The molecule has 0 bridgehead atoms. The Morgan fingerprint density at radius 3 is 2.07 bits per heavy atom. The third-order valence-electron chi connectivity index (χ3n) is 3.82. The Kier molecular flexibility index (Phi) is 5.94. The number of para-hydroxylation sites is 2. The summed E-state index contributed by atoms with van der Waals surface area (Å²) >= 11 is 0. The molecule has 27 heavy (non-hydrogen) atoms. The smallest absolute Gasteiger partial charge is 0.262 e. The Morgan fingerprint density at radius 2 is 1.44 bits per heavy atom. The molecule has 3 aromatic rings. The second-order valence-electron chi connectivity index (χ2n) is 5.93. The van der Waals surface area contributed by atoms with Gasteiger partial charge in [-0.05, 0) is 55.5 Å². The fourth-order valence-corrected chi connectivity index (χ4v) is 2.43. The summed E-state index contributed by atoms with van der Waals surface area (Å²) in [6, 6.07) is 22.2. The second-order valence-corrected chi connectivity index (χ2v) is 5.93. The van der Waals surface area contributed by atoms with Crippen molar-refractivity contribution >= 4 is 11.6 Å². The average molecular weight is 363 g/mol. The lowest BCUT2D eigenvalue weighted by molar-refractivity contribution is -0.118. The lowest BCUT2D eigenvalue weighted by atomic mass is 10.2. The molecule has 0 aliphatic carbocycles. The highest BCUT2D eigenvalue weighted by Crippen LogP contribution is 2.26. The number of amides is 1. The molecular formula is C22H21NO4. The molecule has 0 atom stereocenters. The van der Waals surface area contributed by atoms with Crippen molar-refractivity contribution < 1.29 is 19.0 Å². The van der Waals surface area contributed by atoms with Gasteiger partial charge in [0.15, 0.2) is 18.1 Å². The second kappa shape index (κ2) is 8.76. The first-order valence-corrected chi connectivity index (χ1v) is 8.54. The number of rotatable bonds is 7. The fraction of sp³-hybridized carbons (Fsp3) is 0.136. The summed E-state index contributed by atoms with van der Waals surface area (Å²) in [5, 5.41) is 2.79. The van der Waals surface area contributed by atoms with Crippen LogP contribution >= 0.6 is 0 Å². The molecule has 0 aromatic heterocycles. The quantitative estimate of drug-likeness (QED) is 0.654. The maximum Gasteiger partial charge on any atom is 0.262 e. The van der Waals surface area contributed by atoms with Gasteiger partial charge in [0.05, 0.1) is 7.11 Å². The molecule has 0 aliphatic rings. The van der Waals surface area contributed by atoms with Crippen LogP contribution in [0.5, 0.6) is 23.0 Å². The SMILES string of the molecule is COc1ccccc1OCC(=O)Nc1ccc(Oc2ccc(C)cc2)cc1. The van der Waals surface area contributed by atoms with E-state index in [1.54, 1.807) is 43.5 Å². The van der Waals surface area contributed by atoms with Gasteiger partial charge in [0.25, 0.3) is 5.91 Å². The van der Waals surface area contributed by atoms with E-state index in [2.05, 4.69) is 5.32 Å². The molecule has 5 nitrogen and oxygen atoms in total. The summed E-state index contributed by atoms with van der Waals surface area (Å²) in [6.07, 6.45) is 0. The first-order chi connectivity index (χ1) is 13.1. The van der Waals surface area contributed by atoms with Crippen LogP contribution in [-0.2, 0) is 4.79 Å². The van der Waals surface area contributed by atoms with E-state index in [9.17, 15) is 4.79 Å². The van der Waals surface area contributed by atoms with Gasteiger partial charge in [0.1, 0.15) is 11.5 Å². The van der Waals surface area contributed by atoms with Crippen molar-refractivity contribution in [3.05, 3.63) is 78.4 Å². The van der Waals surface area contributed by atoms with Gasteiger partial charge in [-0.2, -0.15) is 0 Å². The Bertz CT molecular complexity index is 889. The van der Waals surface area contributed by atoms with E-state index in [4.69, 9.17) is 14.2 Å². The average Bonchev–Trinajstić information content (AvgIpc) is 2.70. The van der Waals surface area contributed by atoms with Gasteiger partial charge in [0.2, 0.25) is 0 Å². The number of benzene rings is 3. The van der Waals surface area contributed by atoms with Crippen LogP contribution in [0.2, 0.25) is 0 Å². The molecule has 5 heteroatoms. The van der Waals surface area contributed by atoms with Gasteiger partial charge >= 0.3 is 0 Å². The third-order valence-corrected chi connectivity index (χ3v) is 3.82. The van der Waals surface area contributed by atoms with Gasteiger partial charge in [-0.1, -0.05) is 29.8 Å². The fourth-order valence-electron chi connectivity index (χ4n) is 2.43. The number of carbonyl (C=O) groups excluding carboxylic acids is 1. The molecular weight excluding hydrogens is 342 g/mol. The summed E-state index contributed by atoms with van der Waals surface area (Å²) < 4.78 is 16.5. The van der Waals surface area contributed by atoms with Crippen LogP contribution in [0.15, 0.2) is 72.8 Å². The van der Waals surface area contributed by atoms with E-state index < -0.39 is 0 Å². The van der Waals surface area contributed by atoms with Gasteiger partial charge in [-0.15, -0.1) is 0 Å². The maximum absolute atomic E-state index is 12.1. The summed E-state index contributed by atoms with van der Waals surface area (Å²) in [4.78, 5) is 12.1. The maximum atomic E-state index is 12.1.